The molecule has 0 spiro atoms. The molecule has 0 aliphatic carbocycles. The standard InChI is InChI=1S/C11H16N2S2/c1-9(14-2)5-6-13-8-11-4-3-10(7-12)15-11/h3-4,9,13H,5-6,8H2,1-2H3. The van der Waals surface area contributed by atoms with Crippen molar-refractivity contribution in [3.05, 3.63) is 21.9 Å². The lowest BCUT2D eigenvalue weighted by Gasteiger charge is -2.07. The molecule has 0 aliphatic rings. The van der Waals surface area contributed by atoms with E-state index in [4.69, 9.17) is 5.26 Å². The van der Waals surface area contributed by atoms with E-state index in [9.17, 15) is 0 Å². The quantitative estimate of drug-likeness (QED) is 0.777. The van der Waals surface area contributed by atoms with Gasteiger partial charge in [-0.2, -0.15) is 17.0 Å². The molecule has 4 heteroatoms. The van der Waals surface area contributed by atoms with Gasteiger partial charge in [0.25, 0.3) is 0 Å². The number of nitrogens with one attached hydrogen (secondary N) is 1. The Kier molecular flexibility index (Phi) is 5.77. The maximum Gasteiger partial charge on any atom is 0.110 e. The van der Waals surface area contributed by atoms with Gasteiger partial charge in [-0.3, -0.25) is 0 Å². The average molecular weight is 240 g/mol. The fraction of sp³-hybridized carbons (Fsp3) is 0.545. The van der Waals surface area contributed by atoms with E-state index in [1.165, 1.54) is 11.3 Å². The summed E-state index contributed by atoms with van der Waals surface area (Å²) in [6.45, 7) is 4.17. The number of hydrogen-bond donors (Lipinski definition) is 1. The minimum atomic E-state index is 0.718. The molecule has 1 heterocycles. The molecule has 0 saturated heterocycles. The van der Waals surface area contributed by atoms with Gasteiger partial charge in [-0.25, -0.2) is 0 Å². The summed E-state index contributed by atoms with van der Waals surface area (Å²) < 4.78 is 0. The van der Waals surface area contributed by atoms with Crippen LogP contribution in [0.1, 0.15) is 23.1 Å². The molecule has 1 rings (SSSR count). The second-order valence-corrected chi connectivity index (χ2v) is 5.83. The minimum absolute atomic E-state index is 0.718. The van der Waals surface area contributed by atoms with Crippen LogP contribution in [-0.4, -0.2) is 18.1 Å². The Morgan fingerprint density at radius 1 is 1.60 bits per heavy atom. The number of thiophene rings is 1. The molecule has 82 valence electrons. The van der Waals surface area contributed by atoms with Crippen LogP contribution in [-0.2, 0) is 6.54 Å². The topological polar surface area (TPSA) is 35.8 Å². The van der Waals surface area contributed by atoms with Crippen molar-refractivity contribution >= 4 is 23.1 Å². The largest absolute Gasteiger partial charge is 0.312 e. The van der Waals surface area contributed by atoms with Crippen molar-refractivity contribution in [2.24, 2.45) is 0 Å². The van der Waals surface area contributed by atoms with Crippen LogP contribution in [0.15, 0.2) is 12.1 Å². The molecule has 15 heavy (non-hydrogen) atoms. The highest BCUT2D eigenvalue weighted by molar-refractivity contribution is 7.99. The van der Waals surface area contributed by atoms with Crippen molar-refractivity contribution in [2.45, 2.75) is 25.1 Å². The highest BCUT2D eigenvalue weighted by Gasteiger charge is 2.00. The first-order valence-corrected chi connectivity index (χ1v) is 7.09. The van der Waals surface area contributed by atoms with Crippen molar-refractivity contribution in [2.75, 3.05) is 12.8 Å². The molecule has 0 fully saturated rings. The van der Waals surface area contributed by atoms with Gasteiger partial charge in [0.05, 0.1) is 0 Å². The Bertz CT molecular complexity index is 328. The zero-order valence-electron chi connectivity index (χ0n) is 9.12. The summed E-state index contributed by atoms with van der Waals surface area (Å²) in [5.41, 5.74) is 0. The molecule has 1 N–H and O–H groups in total. The minimum Gasteiger partial charge on any atom is -0.312 e. The zero-order chi connectivity index (χ0) is 11.1. The Labute approximate surface area is 99.7 Å². The first kappa shape index (κ1) is 12.6. The predicted molar refractivity (Wildman–Crippen MR) is 68.3 cm³/mol. The van der Waals surface area contributed by atoms with E-state index < -0.39 is 0 Å². The molecule has 1 aromatic rings. The van der Waals surface area contributed by atoms with Gasteiger partial charge in [0.1, 0.15) is 10.9 Å². The third kappa shape index (κ3) is 4.70. The van der Waals surface area contributed by atoms with E-state index in [1.54, 1.807) is 11.3 Å². The van der Waals surface area contributed by atoms with Crippen molar-refractivity contribution in [3.63, 3.8) is 0 Å². The van der Waals surface area contributed by atoms with E-state index >= 15 is 0 Å². The van der Waals surface area contributed by atoms with Crippen LogP contribution in [0.25, 0.3) is 0 Å². The van der Waals surface area contributed by atoms with Crippen LogP contribution in [0, 0.1) is 11.3 Å². The third-order valence-electron chi connectivity index (χ3n) is 2.20. The van der Waals surface area contributed by atoms with Gasteiger partial charge in [0.15, 0.2) is 0 Å². The Morgan fingerprint density at radius 3 is 3.00 bits per heavy atom. The van der Waals surface area contributed by atoms with Gasteiger partial charge in [-0.05, 0) is 31.4 Å². The van der Waals surface area contributed by atoms with E-state index in [0.29, 0.717) is 0 Å². The zero-order valence-corrected chi connectivity index (χ0v) is 10.8. The fourth-order valence-electron chi connectivity index (χ4n) is 1.17. The molecule has 1 atom stereocenters. The van der Waals surface area contributed by atoms with Gasteiger partial charge < -0.3 is 5.32 Å². The van der Waals surface area contributed by atoms with Crippen LogP contribution >= 0.6 is 23.1 Å². The van der Waals surface area contributed by atoms with Crippen LogP contribution < -0.4 is 5.32 Å². The molecule has 0 bridgehead atoms. The fourth-order valence-corrected chi connectivity index (χ4v) is 2.30. The number of thioether (sulfide) groups is 1. The van der Waals surface area contributed by atoms with Crippen LogP contribution in [0.3, 0.4) is 0 Å². The average Bonchev–Trinajstić information content (AvgIpc) is 2.72. The lowest BCUT2D eigenvalue weighted by molar-refractivity contribution is 0.653. The van der Waals surface area contributed by atoms with E-state index in [1.807, 2.05) is 23.9 Å². The summed E-state index contributed by atoms with van der Waals surface area (Å²) in [5.74, 6) is 0. The van der Waals surface area contributed by atoms with Gasteiger partial charge >= 0.3 is 0 Å². The second-order valence-electron chi connectivity index (χ2n) is 3.39. The number of nitrogens with zero attached hydrogens (tertiary/aromatic N) is 1. The summed E-state index contributed by atoms with van der Waals surface area (Å²) in [7, 11) is 0. The van der Waals surface area contributed by atoms with E-state index in [0.717, 1.165) is 23.2 Å². The maximum atomic E-state index is 8.66. The molecule has 0 radical (unpaired) electrons. The lowest BCUT2D eigenvalue weighted by Crippen LogP contribution is -2.16. The SMILES string of the molecule is CSC(C)CCNCc1ccc(C#N)s1. The van der Waals surface area contributed by atoms with Gasteiger partial charge in [0.2, 0.25) is 0 Å². The molecule has 1 unspecified atom stereocenters. The summed E-state index contributed by atoms with van der Waals surface area (Å²) in [6.07, 6.45) is 3.33. The summed E-state index contributed by atoms with van der Waals surface area (Å²) in [5, 5.41) is 12.8. The smallest absolute Gasteiger partial charge is 0.110 e. The molecule has 0 aromatic carbocycles. The van der Waals surface area contributed by atoms with Crippen molar-refractivity contribution in [1.29, 1.82) is 5.26 Å². The first-order valence-electron chi connectivity index (χ1n) is 4.98. The van der Waals surface area contributed by atoms with Gasteiger partial charge in [-0.1, -0.05) is 6.92 Å². The molecular formula is C11H16N2S2. The van der Waals surface area contributed by atoms with E-state index in [-0.39, 0.29) is 0 Å². The third-order valence-corrected chi connectivity index (χ3v) is 4.23. The molecule has 2 nitrogen and oxygen atoms in total. The Balaban J connectivity index is 2.18. The number of nitriles is 1. The van der Waals surface area contributed by atoms with E-state index in [2.05, 4.69) is 24.6 Å². The van der Waals surface area contributed by atoms with Crippen molar-refractivity contribution in [1.82, 2.24) is 5.32 Å². The molecule has 0 saturated carbocycles. The van der Waals surface area contributed by atoms with Gasteiger partial charge in [-0.15, -0.1) is 11.3 Å². The molecule has 0 amide bonds. The van der Waals surface area contributed by atoms with Crippen LogP contribution in [0.5, 0.6) is 0 Å². The Hall–Kier alpha value is -0.500. The first-order chi connectivity index (χ1) is 7.26. The summed E-state index contributed by atoms with van der Waals surface area (Å²) in [4.78, 5) is 2.03. The van der Waals surface area contributed by atoms with Gasteiger partial charge in [0, 0.05) is 16.7 Å². The van der Waals surface area contributed by atoms with Crippen molar-refractivity contribution < 1.29 is 0 Å². The van der Waals surface area contributed by atoms with Crippen LogP contribution in [0.2, 0.25) is 0 Å². The highest BCUT2D eigenvalue weighted by Crippen LogP contribution is 2.15. The number of hydrogen-bond acceptors (Lipinski definition) is 4. The lowest BCUT2D eigenvalue weighted by atomic mass is 10.3. The normalized spacial score (nSPS) is 12.3. The Morgan fingerprint density at radius 2 is 2.40 bits per heavy atom. The summed E-state index contributed by atoms with van der Waals surface area (Å²) in [6, 6.07) is 6.06. The molecule has 0 aliphatic heterocycles. The molecule has 1 aromatic heterocycles. The summed E-state index contributed by atoms with van der Waals surface area (Å²) >= 11 is 3.47. The monoisotopic (exact) mass is 240 g/mol. The number of rotatable bonds is 6. The van der Waals surface area contributed by atoms with Crippen LogP contribution in [0.4, 0.5) is 0 Å². The maximum absolute atomic E-state index is 8.66. The molecular weight excluding hydrogens is 224 g/mol. The highest BCUT2D eigenvalue weighted by atomic mass is 32.2. The second kappa shape index (κ2) is 6.89. The van der Waals surface area contributed by atoms with Crippen molar-refractivity contribution in [3.8, 4) is 6.07 Å². The predicted octanol–water partition coefficient (Wildman–Crippen LogP) is 2.85.